The average molecular weight is 419 g/mol. The van der Waals surface area contributed by atoms with E-state index in [4.69, 9.17) is 0 Å². The van der Waals surface area contributed by atoms with E-state index >= 15 is 0 Å². The van der Waals surface area contributed by atoms with Gasteiger partial charge in [0.1, 0.15) is 10.5 Å². The number of sulfonamides is 1. The molecule has 158 valence electrons. The molecule has 1 atom stereocenters. The maximum absolute atomic E-state index is 13.1. The van der Waals surface area contributed by atoms with Crippen molar-refractivity contribution in [3.05, 3.63) is 65.7 Å². The summed E-state index contributed by atoms with van der Waals surface area (Å²) >= 11 is 0. The second-order valence-corrected chi connectivity index (χ2v) is 10.2. The van der Waals surface area contributed by atoms with Crippen LogP contribution in [-0.4, -0.2) is 37.3 Å². The van der Waals surface area contributed by atoms with E-state index in [1.807, 2.05) is 44.2 Å². The normalized spacial score (nSPS) is 13.8. The Morgan fingerprint density at radius 1 is 1.07 bits per heavy atom. The Hall–Kier alpha value is -2.38. The highest BCUT2D eigenvalue weighted by Gasteiger charge is 2.39. The molecule has 2 rings (SSSR count). The fourth-order valence-electron chi connectivity index (χ4n) is 2.85. The predicted octanol–water partition coefficient (Wildman–Crippen LogP) is 3.09. The Kier molecular flexibility index (Phi) is 7.81. The summed E-state index contributed by atoms with van der Waals surface area (Å²) in [5, 5.41) is 12.6. The third-order valence-corrected chi connectivity index (χ3v) is 7.08. The number of phenols is 1. The van der Waals surface area contributed by atoms with Crippen molar-refractivity contribution in [2.75, 3.05) is 13.1 Å². The third-order valence-electron chi connectivity index (χ3n) is 4.89. The van der Waals surface area contributed by atoms with Gasteiger partial charge in [0.2, 0.25) is 10.0 Å². The number of benzene rings is 2. The molecule has 0 aliphatic carbocycles. The van der Waals surface area contributed by atoms with Crippen molar-refractivity contribution in [3.8, 4) is 5.75 Å². The summed E-state index contributed by atoms with van der Waals surface area (Å²) in [5.41, 5.74) is 1.15. The van der Waals surface area contributed by atoms with E-state index in [1.165, 1.54) is 12.1 Å². The van der Waals surface area contributed by atoms with E-state index in [1.54, 1.807) is 19.1 Å². The molecule has 0 aromatic heterocycles. The predicted molar refractivity (Wildman–Crippen MR) is 115 cm³/mol. The van der Waals surface area contributed by atoms with Gasteiger partial charge in [-0.3, -0.25) is 4.79 Å². The molecule has 1 unspecified atom stereocenters. The zero-order valence-electron chi connectivity index (χ0n) is 17.2. The SMILES string of the molecule is CC(C)CNS(=O)(=O)C(C)(CCc1ccccc1)CNC(=O)c1ccccc1O. The molecule has 0 radical (unpaired) electrons. The molecule has 0 fully saturated rings. The Morgan fingerprint density at radius 3 is 2.31 bits per heavy atom. The largest absolute Gasteiger partial charge is 0.507 e. The zero-order valence-corrected chi connectivity index (χ0v) is 18.0. The Bertz CT molecular complexity index is 913. The summed E-state index contributed by atoms with van der Waals surface area (Å²) in [7, 11) is -3.70. The summed E-state index contributed by atoms with van der Waals surface area (Å²) in [4.78, 5) is 12.5. The summed E-state index contributed by atoms with van der Waals surface area (Å²) in [5.74, 6) is -0.483. The van der Waals surface area contributed by atoms with Crippen LogP contribution >= 0.6 is 0 Å². The maximum atomic E-state index is 13.1. The second-order valence-electron chi connectivity index (χ2n) is 7.88. The number of nitrogens with one attached hydrogen (secondary N) is 2. The standard InChI is InChI=1S/C22H30N2O4S/c1-17(2)15-24-29(27,28)22(3,14-13-18-9-5-4-6-10-18)16-23-21(26)19-11-7-8-12-20(19)25/h4-12,17,24-25H,13-16H2,1-3H3,(H,23,26). The van der Waals surface area contributed by atoms with Gasteiger partial charge in [0, 0.05) is 13.1 Å². The summed E-state index contributed by atoms with van der Waals surface area (Å²) < 4.78 is 27.6. The van der Waals surface area contributed by atoms with Crippen LogP contribution in [0, 0.1) is 5.92 Å². The number of phenolic OH excluding ortho intramolecular Hbond substituents is 1. The summed E-state index contributed by atoms with van der Waals surface area (Å²) in [6.45, 7) is 5.77. The lowest BCUT2D eigenvalue weighted by atomic mass is 10.00. The maximum Gasteiger partial charge on any atom is 0.255 e. The second kappa shape index (κ2) is 9.89. The van der Waals surface area contributed by atoms with Crippen LogP contribution in [0.5, 0.6) is 5.75 Å². The van der Waals surface area contributed by atoms with Gasteiger partial charge in [0.05, 0.1) is 5.56 Å². The molecule has 6 nitrogen and oxygen atoms in total. The molecule has 0 heterocycles. The molecule has 0 saturated carbocycles. The summed E-state index contributed by atoms with van der Waals surface area (Å²) in [6, 6.07) is 15.8. The first-order valence-corrected chi connectivity index (χ1v) is 11.2. The highest BCUT2D eigenvalue weighted by atomic mass is 32.2. The first-order chi connectivity index (χ1) is 13.6. The van der Waals surface area contributed by atoms with Crippen molar-refractivity contribution in [3.63, 3.8) is 0 Å². The zero-order chi connectivity index (χ0) is 21.5. The molecule has 3 N–H and O–H groups in total. The molecule has 0 spiro atoms. The van der Waals surface area contributed by atoms with Gasteiger partial charge in [-0.25, -0.2) is 13.1 Å². The fraction of sp³-hybridized carbons (Fsp3) is 0.409. The molecular formula is C22H30N2O4S. The van der Waals surface area contributed by atoms with Crippen molar-refractivity contribution in [2.45, 2.75) is 38.4 Å². The van der Waals surface area contributed by atoms with E-state index in [0.29, 0.717) is 19.4 Å². The molecule has 1 amide bonds. The monoisotopic (exact) mass is 418 g/mol. The van der Waals surface area contributed by atoms with Crippen LogP contribution in [0.15, 0.2) is 54.6 Å². The van der Waals surface area contributed by atoms with Crippen LogP contribution < -0.4 is 10.0 Å². The molecule has 2 aromatic rings. The smallest absolute Gasteiger partial charge is 0.255 e. The number of rotatable bonds is 10. The van der Waals surface area contributed by atoms with Crippen LogP contribution in [0.3, 0.4) is 0 Å². The lowest BCUT2D eigenvalue weighted by Crippen LogP contribution is -2.52. The third kappa shape index (κ3) is 6.30. The van der Waals surface area contributed by atoms with Crippen molar-refractivity contribution < 1.29 is 18.3 Å². The van der Waals surface area contributed by atoms with Gasteiger partial charge < -0.3 is 10.4 Å². The number of hydrogen-bond donors (Lipinski definition) is 3. The van der Waals surface area contributed by atoms with Gasteiger partial charge in [-0.1, -0.05) is 56.3 Å². The Labute approximate surface area is 173 Å². The van der Waals surface area contributed by atoms with Crippen LogP contribution in [-0.2, 0) is 16.4 Å². The van der Waals surface area contributed by atoms with Gasteiger partial charge >= 0.3 is 0 Å². The molecule has 0 aliphatic rings. The quantitative estimate of drug-likeness (QED) is 0.552. The number of aromatic hydroxyl groups is 1. The number of aryl methyl sites for hydroxylation is 1. The molecule has 7 heteroatoms. The van der Waals surface area contributed by atoms with Crippen LogP contribution in [0.1, 0.15) is 43.1 Å². The molecule has 0 saturated heterocycles. The van der Waals surface area contributed by atoms with Gasteiger partial charge in [-0.05, 0) is 43.4 Å². The summed E-state index contributed by atoms with van der Waals surface area (Å²) in [6.07, 6.45) is 0.901. The molecule has 29 heavy (non-hydrogen) atoms. The van der Waals surface area contributed by atoms with E-state index in [0.717, 1.165) is 5.56 Å². The molecule has 0 aliphatic heterocycles. The van der Waals surface area contributed by atoms with Crippen LogP contribution in [0.2, 0.25) is 0 Å². The Balaban J connectivity index is 2.19. The molecular weight excluding hydrogens is 388 g/mol. The first kappa shape index (κ1) is 22.9. The number of carbonyl (C=O) groups excluding carboxylic acids is 1. The topological polar surface area (TPSA) is 95.5 Å². The lowest BCUT2D eigenvalue weighted by molar-refractivity contribution is 0.0946. The molecule has 2 aromatic carbocycles. The average Bonchev–Trinajstić information content (AvgIpc) is 2.70. The minimum atomic E-state index is -3.70. The van der Waals surface area contributed by atoms with Gasteiger partial charge in [-0.2, -0.15) is 0 Å². The highest BCUT2D eigenvalue weighted by molar-refractivity contribution is 7.90. The van der Waals surface area contributed by atoms with Gasteiger partial charge in [0.15, 0.2) is 0 Å². The van der Waals surface area contributed by atoms with Crippen molar-refractivity contribution in [1.29, 1.82) is 0 Å². The van der Waals surface area contributed by atoms with Crippen molar-refractivity contribution in [1.82, 2.24) is 10.0 Å². The highest BCUT2D eigenvalue weighted by Crippen LogP contribution is 2.24. The van der Waals surface area contributed by atoms with E-state index < -0.39 is 20.7 Å². The van der Waals surface area contributed by atoms with Crippen LogP contribution in [0.25, 0.3) is 0 Å². The van der Waals surface area contributed by atoms with Crippen LogP contribution in [0.4, 0.5) is 0 Å². The lowest BCUT2D eigenvalue weighted by Gasteiger charge is -2.30. The van der Waals surface area contributed by atoms with E-state index in [2.05, 4.69) is 10.0 Å². The fourth-order valence-corrected chi connectivity index (χ4v) is 4.38. The Morgan fingerprint density at radius 2 is 1.69 bits per heavy atom. The number of amides is 1. The number of hydrogen-bond acceptors (Lipinski definition) is 4. The minimum absolute atomic E-state index is 0.0690. The number of para-hydroxylation sites is 1. The van der Waals surface area contributed by atoms with E-state index in [-0.39, 0.29) is 23.8 Å². The molecule has 0 bridgehead atoms. The van der Waals surface area contributed by atoms with Crippen molar-refractivity contribution >= 4 is 15.9 Å². The first-order valence-electron chi connectivity index (χ1n) is 9.74. The number of carbonyl (C=O) groups is 1. The van der Waals surface area contributed by atoms with Gasteiger partial charge in [-0.15, -0.1) is 0 Å². The van der Waals surface area contributed by atoms with E-state index in [9.17, 15) is 18.3 Å². The minimum Gasteiger partial charge on any atom is -0.507 e. The van der Waals surface area contributed by atoms with Gasteiger partial charge in [0.25, 0.3) is 5.91 Å². The van der Waals surface area contributed by atoms with Crippen molar-refractivity contribution in [2.24, 2.45) is 5.92 Å².